The summed E-state index contributed by atoms with van der Waals surface area (Å²) < 4.78 is 21.6. The first kappa shape index (κ1) is 41.5. The monoisotopic (exact) mass is 757 g/mol. The number of carbonyl (C=O) groups is 3. The number of amides is 2. The topological polar surface area (TPSA) is 113 Å². The molecule has 0 bridgehead atoms. The fourth-order valence-electron chi connectivity index (χ4n) is 7.78. The number of esters is 1. The minimum Gasteiger partial charge on any atom is -0.493 e. The Kier molecular flexibility index (Phi) is 14.6. The molecule has 2 aliphatic heterocycles. The van der Waals surface area contributed by atoms with Crippen LogP contribution in [-0.2, 0) is 19.7 Å². The van der Waals surface area contributed by atoms with E-state index in [1.165, 1.54) is 16.7 Å². The van der Waals surface area contributed by atoms with Crippen LogP contribution in [0.5, 0.6) is 17.2 Å². The lowest BCUT2D eigenvalue weighted by Gasteiger charge is -2.43. The zero-order valence-corrected chi connectivity index (χ0v) is 33.7. The van der Waals surface area contributed by atoms with E-state index in [1.54, 1.807) is 38.4 Å². The number of rotatable bonds is 16. The lowest BCUT2D eigenvalue weighted by molar-refractivity contribution is -0.145. The molecular formula is C43H59N5O7. The number of methoxy groups -OCH3 is 3. The Bertz CT molecular complexity index is 1730. The number of nitrogens with one attached hydrogen (secondary N) is 1. The second-order valence-corrected chi connectivity index (χ2v) is 14.7. The van der Waals surface area contributed by atoms with Crippen LogP contribution >= 0.6 is 0 Å². The Hall–Kier alpha value is -4.65. The van der Waals surface area contributed by atoms with Gasteiger partial charge in [0.25, 0.3) is 5.91 Å². The van der Waals surface area contributed by atoms with Crippen LogP contribution in [0.15, 0.2) is 60.7 Å². The van der Waals surface area contributed by atoms with Crippen molar-refractivity contribution in [1.82, 2.24) is 25.1 Å². The summed E-state index contributed by atoms with van der Waals surface area (Å²) in [4.78, 5) is 46.4. The number of hydrogen-bond donors (Lipinski definition) is 1. The van der Waals surface area contributed by atoms with Crippen LogP contribution in [0, 0.1) is 13.8 Å². The van der Waals surface area contributed by atoms with Gasteiger partial charge in [-0.2, -0.15) is 0 Å². The molecule has 0 saturated carbocycles. The Balaban J connectivity index is 1.26. The third-order valence-corrected chi connectivity index (χ3v) is 11.3. The number of likely N-dealkylation sites (N-methyl/N-ethyl adjacent to an activating group) is 1. The number of hydrogen-bond acceptors (Lipinski definition) is 10. The number of carbonyl (C=O) groups excluding carboxylic acids is 3. The standard InChI is InChI=1S/C43H59N5O7/c1-8-55-39(49)30-47-22-24-48(25-23-47)44-42(51)43(36-12-10-9-11-13-36)17-20-46(21-18-43)19-16-34(33-15-14-31(2)32(3)26-33)29-45(4)41(50)35-27-37(52-5)40(54-7)38(28-35)53-6/h9-15,26-28,34H,8,16-25,29-30H2,1-7H3,(H,44,51). The van der Waals surface area contributed by atoms with Crippen LogP contribution in [0.3, 0.4) is 0 Å². The van der Waals surface area contributed by atoms with Crippen molar-refractivity contribution in [3.8, 4) is 17.2 Å². The van der Waals surface area contributed by atoms with E-state index in [4.69, 9.17) is 18.9 Å². The molecule has 1 atom stereocenters. The molecular weight excluding hydrogens is 699 g/mol. The van der Waals surface area contributed by atoms with Crippen LogP contribution in [0.4, 0.5) is 0 Å². The third kappa shape index (κ3) is 10.2. The molecule has 3 aromatic carbocycles. The van der Waals surface area contributed by atoms with Crippen LogP contribution in [0.2, 0.25) is 0 Å². The maximum atomic E-state index is 14.2. The van der Waals surface area contributed by atoms with E-state index >= 15 is 0 Å². The molecule has 55 heavy (non-hydrogen) atoms. The highest BCUT2D eigenvalue weighted by Crippen LogP contribution is 2.39. The average molecular weight is 758 g/mol. The highest BCUT2D eigenvalue weighted by molar-refractivity contribution is 5.95. The van der Waals surface area contributed by atoms with Gasteiger partial charge in [0.2, 0.25) is 11.7 Å². The quantitative estimate of drug-likeness (QED) is 0.204. The Labute approximate surface area is 326 Å². The maximum Gasteiger partial charge on any atom is 0.320 e. The first-order valence-electron chi connectivity index (χ1n) is 19.4. The van der Waals surface area contributed by atoms with Crippen LogP contribution in [0.1, 0.15) is 64.7 Å². The fraction of sp³-hybridized carbons (Fsp3) is 0.512. The Morgan fingerprint density at radius 2 is 1.47 bits per heavy atom. The van der Waals surface area contributed by atoms with E-state index < -0.39 is 5.41 Å². The molecule has 0 radical (unpaired) electrons. The summed E-state index contributed by atoms with van der Waals surface area (Å²) in [6.45, 7) is 12.2. The van der Waals surface area contributed by atoms with Crippen molar-refractivity contribution in [2.45, 2.75) is 51.4 Å². The molecule has 1 N–H and O–H groups in total. The highest BCUT2D eigenvalue weighted by atomic mass is 16.5. The Morgan fingerprint density at radius 1 is 0.818 bits per heavy atom. The van der Waals surface area contributed by atoms with Gasteiger partial charge in [-0.1, -0.05) is 48.5 Å². The molecule has 3 aromatic rings. The van der Waals surface area contributed by atoms with Crippen LogP contribution in [0.25, 0.3) is 0 Å². The second-order valence-electron chi connectivity index (χ2n) is 14.7. The molecule has 2 saturated heterocycles. The Morgan fingerprint density at radius 3 is 2.05 bits per heavy atom. The van der Waals surface area contributed by atoms with E-state index in [9.17, 15) is 14.4 Å². The summed E-state index contributed by atoms with van der Waals surface area (Å²) >= 11 is 0. The van der Waals surface area contributed by atoms with Crippen molar-refractivity contribution in [3.05, 3.63) is 88.5 Å². The van der Waals surface area contributed by atoms with Gasteiger partial charge in [-0.3, -0.25) is 24.7 Å². The molecule has 0 aromatic heterocycles. The number of hydrazine groups is 1. The molecule has 12 nitrogen and oxygen atoms in total. The second kappa shape index (κ2) is 19.3. The lowest BCUT2D eigenvalue weighted by atomic mass is 9.72. The minimum absolute atomic E-state index is 0.0251. The van der Waals surface area contributed by atoms with E-state index in [0.717, 1.165) is 31.6 Å². The number of nitrogens with zero attached hydrogens (tertiary/aromatic N) is 4. The number of likely N-dealkylation sites (tertiary alicyclic amines) is 1. The molecule has 0 spiro atoms. The number of aryl methyl sites for hydroxylation is 2. The van der Waals surface area contributed by atoms with Gasteiger partial charge in [-0.05, 0) is 94.1 Å². The zero-order valence-electron chi connectivity index (χ0n) is 33.7. The first-order chi connectivity index (χ1) is 26.5. The molecule has 1 unspecified atom stereocenters. The minimum atomic E-state index is -0.652. The van der Waals surface area contributed by atoms with Crippen molar-refractivity contribution >= 4 is 17.8 Å². The van der Waals surface area contributed by atoms with Gasteiger partial charge in [0.05, 0.1) is 39.9 Å². The highest BCUT2D eigenvalue weighted by Gasteiger charge is 2.43. The number of benzene rings is 3. The van der Waals surface area contributed by atoms with Gasteiger partial charge >= 0.3 is 5.97 Å². The summed E-state index contributed by atoms with van der Waals surface area (Å²) in [5.74, 6) is 1.07. The molecule has 2 amide bonds. The van der Waals surface area contributed by atoms with E-state index in [2.05, 4.69) is 59.4 Å². The van der Waals surface area contributed by atoms with Crippen LogP contribution in [-0.4, -0.2) is 131 Å². The number of ether oxygens (including phenoxy) is 4. The average Bonchev–Trinajstić information content (AvgIpc) is 3.20. The van der Waals surface area contributed by atoms with Gasteiger partial charge in [0.1, 0.15) is 0 Å². The van der Waals surface area contributed by atoms with Gasteiger partial charge < -0.3 is 28.7 Å². The predicted molar refractivity (Wildman–Crippen MR) is 213 cm³/mol. The summed E-state index contributed by atoms with van der Waals surface area (Å²) in [5, 5.41) is 1.99. The van der Waals surface area contributed by atoms with Crippen molar-refractivity contribution in [1.29, 1.82) is 0 Å². The zero-order chi connectivity index (χ0) is 39.5. The summed E-state index contributed by atoms with van der Waals surface area (Å²) in [7, 11) is 6.47. The van der Waals surface area contributed by atoms with Gasteiger partial charge in [-0.15, -0.1) is 0 Å². The number of piperidine rings is 1. The summed E-state index contributed by atoms with van der Waals surface area (Å²) in [6.07, 6.45) is 2.23. The largest absolute Gasteiger partial charge is 0.493 e. The third-order valence-electron chi connectivity index (χ3n) is 11.3. The van der Waals surface area contributed by atoms with Gasteiger partial charge in [0.15, 0.2) is 11.5 Å². The first-order valence-corrected chi connectivity index (χ1v) is 19.4. The normalized spacial score (nSPS) is 16.9. The van der Waals surface area contributed by atoms with Crippen LogP contribution < -0.4 is 19.6 Å². The lowest BCUT2D eigenvalue weighted by Crippen LogP contribution is -2.59. The predicted octanol–water partition coefficient (Wildman–Crippen LogP) is 4.82. The number of piperazine rings is 1. The maximum absolute atomic E-state index is 14.2. The molecule has 2 heterocycles. The van der Waals surface area contributed by atoms with Gasteiger partial charge in [0, 0.05) is 51.3 Å². The van der Waals surface area contributed by atoms with E-state index in [1.807, 2.05) is 37.2 Å². The van der Waals surface area contributed by atoms with Crippen molar-refractivity contribution in [2.24, 2.45) is 0 Å². The molecule has 2 aliphatic rings. The SMILES string of the molecule is CCOC(=O)CN1CCN(NC(=O)C2(c3ccccc3)CCN(CCC(CN(C)C(=O)c3cc(OC)c(OC)c(OC)c3)c3ccc(C)c(C)c3)CC2)CC1. The van der Waals surface area contributed by atoms with Crippen molar-refractivity contribution in [3.63, 3.8) is 0 Å². The molecule has 0 aliphatic carbocycles. The van der Waals surface area contributed by atoms with Gasteiger partial charge in [-0.25, -0.2) is 5.01 Å². The smallest absolute Gasteiger partial charge is 0.320 e. The van der Waals surface area contributed by atoms with Crippen molar-refractivity contribution < 1.29 is 33.3 Å². The molecule has 2 fully saturated rings. The van der Waals surface area contributed by atoms with E-state index in [0.29, 0.717) is 75.0 Å². The molecule has 298 valence electrons. The van der Waals surface area contributed by atoms with E-state index in [-0.39, 0.29) is 30.2 Å². The molecule has 12 heteroatoms. The summed E-state index contributed by atoms with van der Waals surface area (Å²) in [5.41, 5.74) is 7.76. The molecule has 5 rings (SSSR count). The summed E-state index contributed by atoms with van der Waals surface area (Å²) in [6, 6.07) is 20.1. The fourth-order valence-corrected chi connectivity index (χ4v) is 7.78. The van der Waals surface area contributed by atoms with Crippen molar-refractivity contribution in [2.75, 3.05) is 93.9 Å².